The molecule has 0 aliphatic heterocycles. The van der Waals surface area contributed by atoms with Crippen LogP contribution in [0.15, 0.2) is 36.5 Å². The lowest BCUT2D eigenvalue weighted by molar-refractivity contribution is 0.0729. The number of aliphatic hydroxyl groups excluding tert-OH is 1. The minimum Gasteiger partial charge on any atom is -0.393 e. The molecule has 0 unspecified atom stereocenters. The third-order valence-corrected chi connectivity index (χ3v) is 3.46. The monoisotopic (exact) mass is 228 g/mol. The van der Waals surface area contributed by atoms with E-state index in [1.54, 1.807) is 0 Å². The summed E-state index contributed by atoms with van der Waals surface area (Å²) in [4.78, 5) is 0. The van der Waals surface area contributed by atoms with Crippen molar-refractivity contribution >= 4 is 0 Å². The number of benzene rings is 1. The number of aryl methyl sites for hydroxylation is 1. The normalized spacial score (nSPS) is 23.4. The van der Waals surface area contributed by atoms with E-state index in [1.165, 1.54) is 5.56 Å². The van der Waals surface area contributed by atoms with E-state index in [1.807, 2.05) is 35.0 Å². The van der Waals surface area contributed by atoms with Gasteiger partial charge in [-0.3, -0.25) is 0 Å². The van der Waals surface area contributed by atoms with Gasteiger partial charge in [0.1, 0.15) is 0 Å². The zero-order valence-corrected chi connectivity index (χ0v) is 9.87. The summed E-state index contributed by atoms with van der Waals surface area (Å²) in [5.41, 5.74) is 3.44. The largest absolute Gasteiger partial charge is 0.393 e. The Hall–Kier alpha value is -1.61. The third kappa shape index (κ3) is 1.87. The first-order valence-electron chi connectivity index (χ1n) is 6.03. The molecule has 1 heterocycles. The maximum absolute atomic E-state index is 9.36. The van der Waals surface area contributed by atoms with E-state index < -0.39 is 0 Å². The van der Waals surface area contributed by atoms with Crippen LogP contribution in [0.3, 0.4) is 0 Å². The van der Waals surface area contributed by atoms with Gasteiger partial charge in [0.25, 0.3) is 0 Å². The standard InChI is InChI=1S/C14H16N2O/c1-10-9-16(12-5-3-2-4-6-12)15-14(10)11-7-13(17)8-11/h2-6,9,11,13,17H,7-8H2,1H3. The van der Waals surface area contributed by atoms with Crippen LogP contribution in [-0.2, 0) is 0 Å². The van der Waals surface area contributed by atoms with Gasteiger partial charge in [-0.05, 0) is 37.5 Å². The van der Waals surface area contributed by atoms with Crippen LogP contribution in [0.1, 0.15) is 30.0 Å². The highest BCUT2D eigenvalue weighted by atomic mass is 16.3. The lowest BCUT2D eigenvalue weighted by Crippen LogP contribution is -2.27. The quantitative estimate of drug-likeness (QED) is 0.857. The van der Waals surface area contributed by atoms with Crippen molar-refractivity contribution in [3.63, 3.8) is 0 Å². The Morgan fingerprint density at radius 2 is 1.94 bits per heavy atom. The lowest BCUT2D eigenvalue weighted by atomic mass is 9.79. The fraction of sp³-hybridized carbons (Fsp3) is 0.357. The Balaban J connectivity index is 1.91. The first-order valence-corrected chi connectivity index (χ1v) is 6.03. The molecule has 0 bridgehead atoms. The summed E-state index contributed by atoms with van der Waals surface area (Å²) in [5.74, 6) is 0.440. The zero-order valence-electron chi connectivity index (χ0n) is 9.87. The average molecular weight is 228 g/mol. The Labute approximate surface area is 101 Å². The van der Waals surface area contributed by atoms with Crippen LogP contribution in [0.25, 0.3) is 5.69 Å². The predicted molar refractivity (Wildman–Crippen MR) is 66.3 cm³/mol. The van der Waals surface area contributed by atoms with Crippen molar-refractivity contribution in [2.45, 2.75) is 31.8 Å². The van der Waals surface area contributed by atoms with E-state index >= 15 is 0 Å². The van der Waals surface area contributed by atoms with Crippen LogP contribution in [0.2, 0.25) is 0 Å². The Bertz CT molecular complexity index is 512. The van der Waals surface area contributed by atoms with E-state index in [9.17, 15) is 5.11 Å². The molecule has 3 nitrogen and oxygen atoms in total. The second-order valence-electron chi connectivity index (χ2n) is 4.80. The van der Waals surface area contributed by atoms with Crippen molar-refractivity contribution in [2.75, 3.05) is 0 Å². The molecule has 2 aromatic rings. The van der Waals surface area contributed by atoms with E-state index in [-0.39, 0.29) is 6.10 Å². The van der Waals surface area contributed by atoms with Crippen LogP contribution < -0.4 is 0 Å². The number of aliphatic hydroxyl groups is 1. The summed E-state index contributed by atoms with van der Waals surface area (Å²) in [6, 6.07) is 10.1. The van der Waals surface area contributed by atoms with Gasteiger partial charge in [-0.15, -0.1) is 0 Å². The van der Waals surface area contributed by atoms with Gasteiger partial charge in [-0.25, -0.2) is 4.68 Å². The Kier molecular flexibility index (Phi) is 2.48. The molecule has 1 N–H and O–H groups in total. The summed E-state index contributed by atoms with van der Waals surface area (Å²) in [6.07, 6.45) is 3.65. The highest BCUT2D eigenvalue weighted by Crippen LogP contribution is 2.37. The molecular formula is C14H16N2O. The van der Waals surface area contributed by atoms with E-state index in [4.69, 9.17) is 0 Å². The molecule has 0 saturated heterocycles. The molecule has 88 valence electrons. The van der Waals surface area contributed by atoms with Crippen molar-refractivity contribution in [1.82, 2.24) is 9.78 Å². The maximum atomic E-state index is 9.36. The van der Waals surface area contributed by atoms with E-state index in [0.717, 1.165) is 24.2 Å². The Morgan fingerprint density at radius 3 is 2.59 bits per heavy atom. The number of aromatic nitrogens is 2. The van der Waals surface area contributed by atoms with Crippen LogP contribution in [0.5, 0.6) is 0 Å². The second kappa shape index (κ2) is 4.00. The number of hydrogen-bond donors (Lipinski definition) is 1. The van der Waals surface area contributed by atoms with Crippen LogP contribution in [0, 0.1) is 6.92 Å². The summed E-state index contributed by atoms with van der Waals surface area (Å²) in [7, 11) is 0. The first kappa shape index (κ1) is 10.5. The highest BCUT2D eigenvalue weighted by molar-refractivity contribution is 5.33. The second-order valence-corrected chi connectivity index (χ2v) is 4.80. The molecule has 1 aliphatic rings. The van der Waals surface area contributed by atoms with Crippen LogP contribution in [-0.4, -0.2) is 21.0 Å². The topological polar surface area (TPSA) is 38.0 Å². The maximum Gasteiger partial charge on any atom is 0.0690 e. The van der Waals surface area contributed by atoms with Gasteiger partial charge in [0.05, 0.1) is 17.5 Å². The van der Waals surface area contributed by atoms with Gasteiger partial charge in [-0.2, -0.15) is 5.10 Å². The van der Waals surface area contributed by atoms with Crippen LogP contribution in [0.4, 0.5) is 0 Å². The molecule has 1 saturated carbocycles. The summed E-state index contributed by atoms with van der Waals surface area (Å²) >= 11 is 0. The average Bonchev–Trinajstić information content (AvgIpc) is 2.68. The van der Waals surface area contributed by atoms with Gasteiger partial charge in [0.15, 0.2) is 0 Å². The molecule has 3 heteroatoms. The number of para-hydroxylation sites is 1. The number of hydrogen-bond acceptors (Lipinski definition) is 2. The van der Waals surface area contributed by atoms with Gasteiger partial charge in [-0.1, -0.05) is 18.2 Å². The van der Waals surface area contributed by atoms with E-state index in [0.29, 0.717) is 5.92 Å². The van der Waals surface area contributed by atoms with Crippen molar-refractivity contribution in [2.24, 2.45) is 0 Å². The lowest BCUT2D eigenvalue weighted by Gasteiger charge is -2.30. The highest BCUT2D eigenvalue weighted by Gasteiger charge is 2.31. The fourth-order valence-corrected chi connectivity index (χ4v) is 2.40. The minimum absolute atomic E-state index is 0.124. The summed E-state index contributed by atoms with van der Waals surface area (Å²) in [6.45, 7) is 2.09. The van der Waals surface area contributed by atoms with Crippen molar-refractivity contribution in [1.29, 1.82) is 0 Å². The molecule has 1 aromatic heterocycles. The van der Waals surface area contributed by atoms with Crippen molar-refractivity contribution in [3.8, 4) is 5.69 Å². The molecule has 0 radical (unpaired) electrons. The summed E-state index contributed by atoms with van der Waals surface area (Å²) < 4.78 is 1.93. The first-order chi connectivity index (χ1) is 8.24. The SMILES string of the molecule is Cc1cn(-c2ccccc2)nc1C1CC(O)C1. The molecular weight excluding hydrogens is 212 g/mol. The zero-order chi connectivity index (χ0) is 11.8. The van der Waals surface area contributed by atoms with Gasteiger partial charge < -0.3 is 5.11 Å². The smallest absolute Gasteiger partial charge is 0.0690 e. The molecule has 3 rings (SSSR count). The molecule has 0 atom stereocenters. The molecule has 1 fully saturated rings. The van der Waals surface area contributed by atoms with Crippen molar-refractivity contribution in [3.05, 3.63) is 47.8 Å². The molecule has 17 heavy (non-hydrogen) atoms. The number of nitrogens with zero attached hydrogens (tertiary/aromatic N) is 2. The van der Waals surface area contributed by atoms with Crippen molar-refractivity contribution < 1.29 is 5.11 Å². The van der Waals surface area contributed by atoms with Gasteiger partial charge in [0, 0.05) is 12.1 Å². The number of rotatable bonds is 2. The molecule has 1 aromatic carbocycles. The molecule has 0 amide bonds. The predicted octanol–water partition coefficient (Wildman–Crippen LogP) is 2.42. The van der Waals surface area contributed by atoms with Crippen LogP contribution >= 0.6 is 0 Å². The third-order valence-electron chi connectivity index (χ3n) is 3.46. The summed E-state index contributed by atoms with van der Waals surface area (Å²) in [5, 5.41) is 14.0. The Morgan fingerprint density at radius 1 is 1.24 bits per heavy atom. The molecule has 0 spiro atoms. The van der Waals surface area contributed by atoms with Gasteiger partial charge in [0.2, 0.25) is 0 Å². The minimum atomic E-state index is -0.124. The van der Waals surface area contributed by atoms with E-state index in [2.05, 4.69) is 18.2 Å². The fourth-order valence-electron chi connectivity index (χ4n) is 2.40. The molecule has 1 aliphatic carbocycles. The van der Waals surface area contributed by atoms with Gasteiger partial charge >= 0.3 is 0 Å².